The molecule has 2 aromatic rings. The Kier molecular flexibility index (Phi) is 8.68. The Hall–Kier alpha value is -2.37. The summed E-state index contributed by atoms with van der Waals surface area (Å²) in [4.78, 5) is 13.4. The first kappa shape index (κ1) is 28.2. The van der Waals surface area contributed by atoms with E-state index in [4.69, 9.17) is 21.1 Å². The summed E-state index contributed by atoms with van der Waals surface area (Å²) in [5.41, 5.74) is 3.93. The van der Waals surface area contributed by atoms with Crippen molar-refractivity contribution >= 4 is 27.9 Å². The maximum Gasteiger partial charge on any atom is 0.409 e. The van der Waals surface area contributed by atoms with E-state index < -0.39 is 16.3 Å². The van der Waals surface area contributed by atoms with Gasteiger partial charge in [0.25, 0.3) is 10.2 Å². The summed E-state index contributed by atoms with van der Waals surface area (Å²) in [5.74, 6) is 0.732. The van der Waals surface area contributed by atoms with Gasteiger partial charge < -0.3 is 19.7 Å². The average molecular weight is 577 g/mol. The molecule has 0 spiro atoms. The van der Waals surface area contributed by atoms with Crippen LogP contribution in [0.5, 0.6) is 5.75 Å². The summed E-state index contributed by atoms with van der Waals surface area (Å²) < 4.78 is 40.5. The van der Waals surface area contributed by atoms with Crippen LogP contribution in [0.1, 0.15) is 48.9 Å². The van der Waals surface area contributed by atoms with Gasteiger partial charge >= 0.3 is 6.09 Å². The number of hydrogen-bond acceptors (Lipinski definition) is 6. The molecular formula is C28H37ClN4O5S. The number of nitrogens with one attached hydrogen (secondary N) is 2. The number of rotatable bonds is 9. The number of nitrogens with zero attached hydrogens (tertiary/aromatic N) is 2. The monoisotopic (exact) mass is 576 g/mol. The van der Waals surface area contributed by atoms with E-state index in [-0.39, 0.29) is 37.7 Å². The Morgan fingerprint density at radius 3 is 2.54 bits per heavy atom. The second-order valence-electron chi connectivity index (χ2n) is 10.3. The predicted octanol–water partition coefficient (Wildman–Crippen LogP) is 3.64. The van der Waals surface area contributed by atoms with Crippen LogP contribution in [0.2, 0.25) is 5.02 Å². The average Bonchev–Trinajstić information content (AvgIpc) is 2.92. The number of benzene rings is 2. The minimum Gasteiger partial charge on any atom is -0.492 e. The summed E-state index contributed by atoms with van der Waals surface area (Å²) in [5, 5.41) is 4.53. The van der Waals surface area contributed by atoms with E-state index >= 15 is 0 Å². The number of carbonyl (C=O) groups excluding carboxylic acids is 1. The fourth-order valence-corrected chi connectivity index (χ4v) is 7.25. The fourth-order valence-electron chi connectivity index (χ4n) is 5.95. The van der Waals surface area contributed by atoms with Gasteiger partial charge in [0.1, 0.15) is 12.4 Å². The minimum atomic E-state index is -3.67. The largest absolute Gasteiger partial charge is 0.492 e. The molecule has 1 atom stereocenters. The topological polar surface area (TPSA) is 100 Å². The van der Waals surface area contributed by atoms with E-state index in [0.717, 1.165) is 36.6 Å². The number of ether oxygens (including phenoxy) is 2. The first-order chi connectivity index (χ1) is 18.8. The van der Waals surface area contributed by atoms with E-state index in [1.165, 1.54) is 32.3 Å². The second-order valence-corrected chi connectivity index (χ2v) is 12.5. The Morgan fingerprint density at radius 1 is 1.13 bits per heavy atom. The summed E-state index contributed by atoms with van der Waals surface area (Å²) in [7, 11) is -3.67. The highest BCUT2D eigenvalue weighted by Crippen LogP contribution is 2.53. The number of hydrogen-bond donors (Lipinski definition) is 2. The first-order valence-corrected chi connectivity index (χ1v) is 15.6. The van der Waals surface area contributed by atoms with Crippen LogP contribution in [0.15, 0.2) is 42.5 Å². The lowest BCUT2D eigenvalue weighted by Gasteiger charge is -2.50. The van der Waals surface area contributed by atoms with Crippen molar-refractivity contribution in [3.8, 4) is 5.75 Å². The Bertz CT molecular complexity index is 1260. The third-order valence-corrected chi connectivity index (χ3v) is 10.0. The number of halogens is 1. The van der Waals surface area contributed by atoms with Crippen LogP contribution >= 0.6 is 11.6 Å². The molecule has 1 saturated heterocycles. The number of amides is 1. The fraction of sp³-hybridized carbons (Fsp3) is 0.536. The van der Waals surface area contributed by atoms with Crippen LogP contribution in [-0.2, 0) is 26.8 Å². The molecule has 39 heavy (non-hydrogen) atoms. The highest BCUT2D eigenvalue weighted by molar-refractivity contribution is 7.87. The molecule has 1 amide bonds. The molecular weight excluding hydrogens is 540 g/mol. The molecule has 212 valence electrons. The summed E-state index contributed by atoms with van der Waals surface area (Å²) >= 11 is 6.17. The second kappa shape index (κ2) is 12.0. The van der Waals surface area contributed by atoms with E-state index in [1.807, 2.05) is 18.2 Å². The smallest absolute Gasteiger partial charge is 0.409 e. The van der Waals surface area contributed by atoms with Gasteiger partial charge in [0, 0.05) is 49.2 Å². The number of carbonyl (C=O) groups is 1. The first-order valence-electron chi connectivity index (χ1n) is 13.7. The highest BCUT2D eigenvalue weighted by Gasteiger charge is 2.47. The van der Waals surface area contributed by atoms with Gasteiger partial charge in [-0.3, -0.25) is 0 Å². The lowest BCUT2D eigenvalue weighted by molar-refractivity contribution is 0.0932. The van der Waals surface area contributed by atoms with Crippen molar-refractivity contribution in [1.82, 2.24) is 19.2 Å². The summed E-state index contributed by atoms with van der Waals surface area (Å²) in [6.45, 7) is 4.39. The Labute approximate surface area is 236 Å². The van der Waals surface area contributed by atoms with Gasteiger partial charge in [0.15, 0.2) is 0 Å². The molecule has 9 nitrogen and oxygen atoms in total. The van der Waals surface area contributed by atoms with Crippen LogP contribution in [0, 0.1) is 0 Å². The lowest BCUT2D eigenvalue weighted by Crippen LogP contribution is -2.53. The molecule has 0 bridgehead atoms. The molecule has 11 heteroatoms. The zero-order chi connectivity index (χ0) is 27.5. The van der Waals surface area contributed by atoms with Crippen molar-refractivity contribution < 1.29 is 22.7 Å². The molecule has 3 aliphatic rings. The zero-order valence-electron chi connectivity index (χ0n) is 22.3. The SMILES string of the molecule is CCOC(=O)N1CCN(S(=O)(=O)NCCOc2ccc3c(c2)C(C2(c4ccc(Cl)cc4)CCC2)NCC3)CC1. The third-order valence-electron chi connectivity index (χ3n) is 8.15. The maximum absolute atomic E-state index is 12.7. The van der Waals surface area contributed by atoms with Gasteiger partial charge in [0.05, 0.1) is 6.61 Å². The molecule has 2 heterocycles. The van der Waals surface area contributed by atoms with Crippen molar-refractivity contribution in [3.05, 3.63) is 64.2 Å². The van der Waals surface area contributed by atoms with Crippen molar-refractivity contribution in [2.24, 2.45) is 0 Å². The standard InChI is InChI=1S/C28H37ClN4O5S/c1-2-37-27(34)32-15-17-33(18-16-32)39(35,36)31-14-19-38-24-9-4-21-10-13-30-26(25(21)20-24)28(11-3-12-28)22-5-7-23(29)8-6-22/h4-9,20,26,30-31H,2-3,10-19H2,1H3. The van der Waals surface area contributed by atoms with Crippen LogP contribution in [0.4, 0.5) is 4.79 Å². The van der Waals surface area contributed by atoms with Crippen LogP contribution in [0.25, 0.3) is 0 Å². The van der Waals surface area contributed by atoms with Crippen LogP contribution in [-0.4, -0.2) is 76.2 Å². The molecule has 1 aliphatic carbocycles. The number of fused-ring (bicyclic) bond motifs is 1. The van der Waals surface area contributed by atoms with Crippen molar-refractivity contribution in [2.45, 2.75) is 44.1 Å². The molecule has 2 N–H and O–H groups in total. The van der Waals surface area contributed by atoms with E-state index in [1.54, 1.807) is 6.92 Å². The van der Waals surface area contributed by atoms with Gasteiger partial charge in [-0.1, -0.05) is 36.2 Å². The third kappa shape index (κ3) is 6.05. The van der Waals surface area contributed by atoms with Gasteiger partial charge in [-0.2, -0.15) is 17.4 Å². The zero-order valence-corrected chi connectivity index (χ0v) is 23.9. The molecule has 0 radical (unpaired) electrons. The molecule has 2 aliphatic heterocycles. The van der Waals surface area contributed by atoms with Crippen LogP contribution in [0.3, 0.4) is 0 Å². The van der Waals surface area contributed by atoms with E-state index in [2.05, 4.69) is 34.3 Å². The van der Waals surface area contributed by atoms with Gasteiger partial charge in [0.2, 0.25) is 0 Å². The lowest BCUT2D eigenvalue weighted by atomic mass is 9.58. The minimum absolute atomic E-state index is 0.0331. The molecule has 5 rings (SSSR count). The van der Waals surface area contributed by atoms with E-state index in [0.29, 0.717) is 19.7 Å². The van der Waals surface area contributed by atoms with Crippen LogP contribution < -0.4 is 14.8 Å². The van der Waals surface area contributed by atoms with Gasteiger partial charge in [-0.25, -0.2) is 4.79 Å². The van der Waals surface area contributed by atoms with Crippen molar-refractivity contribution in [1.29, 1.82) is 0 Å². The molecule has 0 aromatic heterocycles. The quantitative estimate of drug-likeness (QED) is 0.442. The van der Waals surface area contributed by atoms with Gasteiger partial charge in [-0.05, 0) is 73.7 Å². The number of piperazine rings is 1. The molecule has 1 saturated carbocycles. The highest BCUT2D eigenvalue weighted by atomic mass is 35.5. The predicted molar refractivity (Wildman–Crippen MR) is 150 cm³/mol. The van der Waals surface area contributed by atoms with E-state index in [9.17, 15) is 13.2 Å². The van der Waals surface area contributed by atoms with Crippen molar-refractivity contribution in [3.63, 3.8) is 0 Å². The Morgan fingerprint density at radius 2 is 1.87 bits per heavy atom. The summed E-state index contributed by atoms with van der Waals surface area (Å²) in [6.07, 6.45) is 3.99. The normalized spacial score (nSPS) is 21.1. The van der Waals surface area contributed by atoms with Crippen molar-refractivity contribution in [2.75, 3.05) is 52.5 Å². The Balaban J connectivity index is 1.18. The molecule has 2 aromatic carbocycles. The molecule has 2 fully saturated rings. The van der Waals surface area contributed by atoms with Gasteiger partial charge in [-0.15, -0.1) is 0 Å². The maximum atomic E-state index is 12.7. The molecule has 1 unspecified atom stereocenters. The summed E-state index contributed by atoms with van der Waals surface area (Å²) in [6, 6.07) is 14.7.